The molecule has 1 spiro atoms. The molecule has 64 valence electrons. The molecule has 2 fully saturated rings. The van der Waals surface area contributed by atoms with Crippen LogP contribution >= 0.6 is 0 Å². The van der Waals surface area contributed by atoms with Gasteiger partial charge in [0.25, 0.3) is 0 Å². The summed E-state index contributed by atoms with van der Waals surface area (Å²) in [7, 11) is 0. The molecule has 1 heterocycles. The molecule has 2 aliphatic rings. The topological polar surface area (TPSA) is 24.1 Å². The Balaban J connectivity index is 1.86. The predicted octanol–water partition coefficient (Wildman–Crippen LogP) is 0.882. The summed E-state index contributed by atoms with van der Waals surface area (Å²) in [5.74, 6) is 0. The van der Waals surface area contributed by atoms with Crippen molar-refractivity contribution in [2.75, 3.05) is 19.6 Å². The van der Waals surface area contributed by atoms with Gasteiger partial charge in [-0.2, -0.15) is 0 Å². The normalized spacial score (nSPS) is 30.5. The van der Waals surface area contributed by atoms with E-state index in [2.05, 4.69) is 10.6 Å². The van der Waals surface area contributed by atoms with Crippen LogP contribution in [0.3, 0.4) is 0 Å². The first-order valence-electron chi connectivity index (χ1n) is 4.87. The molecular formula is C9H18N2. The smallest absolute Gasteiger partial charge is 0.0306 e. The average Bonchev–Trinajstić information content (AvgIpc) is 1.82. The van der Waals surface area contributed by atoms with Gasteiger partial charge in [-0.1, -0.05) is 0 Å². The van der Waals surface area contributed by atoms with Gasteiger partial charge >= 0.3 is 0 Å². The molecular weight excluding hydrogens is 136 g/mol. The summed E-state index contributed by atoms with van der Waals surface area (Å²) in [6.07, 6.45) is 6.88. The highest BCUT2D eigenvalue weighted by molar-refractivity contribution is 4.98. The van der Waals surface area contributed by atoms with Crippen molar-refractivity contribution in [2.45, 2.75) is 37.6 Å². The summed E-state index contributed by atoms with van der Waals surface area (Å²) in [4.78, 5) is 0. The van der Waals surface area contributed by atoms with Crippen molar-refractivity contribution >= 4 is 0 Å². The third-order valence-corrected chi connectivity index (χ3v) is 3.05. The van der Waals surface area contributed by atoms with Gasteiger partial charge in [0.15, 0.2) is 0 Å². The second-order valence-corrected chi connectivity index (χ2v) is 3.94. The van der Waals surface area contributed by atoms with Crippen LogP contribution in [0.5, 0.6) is 0 Å². The Morgan fingerprint density at radius 1 is 0.909 bits per heavy atom. The minimum atomic E-state index is 0.514. The Hall–Kier alpha value is -0.0800. The highest BCUT2D eigenvalue weighted by Crippen LogP contribution is 2.31. The summed E-state index contributed by atoms with van der Waals surface area (Å²) in [5.41, 5.74) is 0.514. The molecule has 0 aromatic heterocycles. The summed E-state index contributed by atoms with van der Waals surface area (Å²) >= 11 is 0. The predicted molar refractivity (Wildman–Crippen MR) is 46.7 cm³/mol. The maximum Gasteiger partial charge on any atom is 0.0306 e. The van der Waals surface area contributed by atoms with Crippen LogP contribution in [0.1, 0.15) is 32.1 Å². The zero-order valence-corrected chi connectivity index (χ0v) is 7.16. The van der Waals surface area contributed by atoms with E-state index in [4.69, 9.17) is 0 Å². The first-order valence-corrected chi connectivity index (χ1v) is 4.87. The van der Waals surface area contributed by atoms with Gasteiger partial charge in [0, 0.05) is 12.1 Å². The van der Waals surface area contributed by atoms with Crippen LogP contribution in [-0.4, -0.2) is 25.2 Å². The third kappa shape index (κ3) is 1.57. The highest BCUT2D eigenvalue weighted by atomic mass is 15.1. The van der Waals surface area contributed by atoms with Gasteiger partial charge in [0.05, 0.1) is 0 Å². The van der Waals surface area contributed by atoms with E-state index >= 15 is 0 Å². The Morgan fingerprint density at radius 2 is 1.73 bits per heavy atom. The average molecular weight is 154 g/mol. The summed E-state index contributed by atoms with van der Waals surface area (Å²) in [6.45, 7) is 3.66. The Labute approximate surface area is 68.7 Å². The van der Waals surface area contributed by atoms with Crippen LogP contribution in [0.25, 0.3) is 0 Å². The maximum atomic E-state index is 3.67. The fraction of sp³-hybridized carbons (Fsp3) is 1.00. The van der Waals surface area contributed by atoms with Crippen LogP contribution in [0.15, 0.2) is 0 Å². The van der Waals surface area contributed by atoms with E-state index in [1.807, 2.05) is 0 Å². The fourth-order valence-corrected chi connectivity index (χ4v) is 2.08. The van der Waals surface area contributed by atoms with Crippen LogP contribution in [0.4, 0.5) is 0 Å². The van der Waals surface area contributed by atoms with E-state index in [1.165, 1.54) is 51.7 Å². The second-order valence-electron chi connectivity index (χ2n) is 3.94. The maximum absolute atomic E-state index is 3.67. The molecule has 1 saturated heterocycles. The van der Waals surface area contributed by atoms with Gasteiger partial charge in [-0.3, -0.25) is 0 Å². The number of hydrogen-bond acceptors (Lipinski definition) is 2. The van der Waals surface area contributed by atoms with Crippen molar-refractivity contribution in [2.24, 2.45) is 0 Å². The Morgan fingerprint density at radius 3 is 2.45 bits per heavy atom. The molecule has 2 heteroatoms. The molecule has 2 N–H and O–H groups in total. The van der Waals surface area contributed by atoms with Gasteiger partial charge in [-0.15, -0.1) is 0 Å². The Kier molecular flexibility index (Phi) is 2.14. The second kappa shape index (κ2) is 3.11. The summed E-state index contributed by atoms with van der Waals surface area (Å²) in [5, 5.41) is 7.19. The first-order chi connectivity index (χ1) is 5.41. The van der Waals surface area contributed by atoms with Gasteiger partial charge in [-0.25, -0.2) is 0 Å². The quantitative estimate of drug-likeness (QED) is 0.541. The van der Waals surface area contributed by atoms with Crippen LogP contribution in [-0.2, 0) is 0 Å². The lowest BCUT2D eigenvalue weighted by molar-refractivity contribution is 0.171. The van der Waals surface area contributed by atoms with Crippen LogP contribution < -0.4 is 10.6 Å². The summed E-state index contributed by atoms with van der Waals surface area (Å²) < 4.78 is 0. The van der Waals surface area contributed by atoms with Crippen molar-refractivity contribution < 1.29 is 0 Å². The van der Waals surface area contributed by atoms with E-state index in [1.54, 1.807) is 0 Å². The molecule has 2 rings (SSSR count). The highest BCUT2D eigenvalue weighted by Gasteiger charge is 2.35. The minimum absolute atomic E-state index is 0.514. The van der Waals surface area contributed by atoms with E-state index in [-0.39, 0.29) is 0 Å². The lowest BCUT2D eigenvalue weighted by Crippen LogP contribution is -2.58. The van der Waals surface area contributed by atoms with Crippen LogP contribution in [0, 0.1) is 0 Å². The largest absolute Gasteiger partial charge is 0.315 e. The van der Waals surface area contributed by atoms with E-state index < -0.39 is 0 Å². The van der Waals surface area contributed by atoms with E-state index in [0.29, 0.717) is 5.54 Å². The zero-order chi connectivity index (χ0) is 7.57. The molecule has 1 aliphatic carbocycles. The van der Waals surface area contributed by atoms with Crippen molar-refractivity contribution in [3.8, 4) is 0 Å². The fourth-order valence-electron chi connectivity index (χ4n) is 2.08. The first kappa shape index (κ1) is 7.56. The molecule has 0 aromatic rings. The third-order valence-electron chi connectivity index (χ3n) is 3.05. The minimum Gasteiger partial charge on any atom is -0.315 e. The number of hydrogen-bond donors (Lipinski definition) is 2. The van der Waals surface area contributed by atoms with Crippen LogP contribution in [0.2, 0.25) is 0 Å². The SMILES string of the molecule is C1CCNC2(CCC2)CNC1. The molecule has 0 amide bonds. The Bertz CT molecular complexity index is 120. The monoisotopic (exact) mass is 154 g/mol. The lowest BCUT2D eigenvalue weighted by Gasteiger charge is -2.44. The van der Waals surface area contributed by atoms with Crippen molar-refractivity contribution in [1.82, 2.24) is 10.6 Å². The number of nitrogens with one attached hydrogen (secondary N) is 2. The van der Waals surface area contributed by atoms with Crippen molar-refractivity contribution in [1.29, 1.82) is 0 Å². The molecule has 0 unspecified atom stereocenters. The number of rotatable bonds is 0. The van der Waals surface area contributed by atoms with Gasteiger partial charge in [0.1, 0.15) is 0 Å². The van der Waals surface area contributed by atoms with Gasteiger partial charge < -0.3 is 10.6 Å². The molecule has 0 radical (unpaired) electrons. The van der Waals surface area contributed by atoms with Gasteiger partial charge in [0.2, 0.25) is 0 Å². The van der Waals surface area contributed by atoms with Crippen molar-refractivity contribution in [3.05, 3.63) is 0 Å². The molecule has 2 nitrogen and oxygen atoms in total. The van der Waals surface area contributed by atoms with E-state index in [0.717, 1.165) is 0 Å². The van der Waals surface area contributed by atoms with Crippen molar-refractivity contribution in [3.63, 3.8) is 0 Å². The lowest BCUT2D eigenvalue weighted by atomic mass is 9.76. The molecule has 1 aliphatic heterocycles. The zero-order valence-electron chi connectivity index (χ0n) is 7.16. The molecule has 1 saturated carbocycles. The molecule has 11 heavy (non-hydrogen) atoms. The van der Waals surface area contributed by atoms with Gasteiger partial charge in [-0.05, 0) is 45.2 Å². The summed E-state index contributed by atoms with van der Waals surface area (Å²) in [6, 6.07) is 0. The standard InChI is InChI=1S/C9H18N2/c1-2-7-11-9(4-3-5-9)8-10-6-1/h10-11H,1-8H2. The molecule has 0 bridgehead atoms. The van der Waals surface area contributed by atoms with E-state index in [9.17, 15) is 0 Å². The molecule has 0 atom stereocenters. The molecule has 0 aromatic carbocycles.